The monoisotopic (exact) mass is 437 g/mol. The molecule has 0 saturated heterocycles. The highest BCUT2D eigenvalue weighted by Crippen LogP contribution is 2.32. The van der Waals surface area contributed by atoms with E-state index in [1.54, 1.807) is 18.4 Å². The summed E-state index contributed by atoms with van der Waals surface area (Å²) in [4.78, 5) is 4.92. The van der Waals surface area contributed by atoms with Crippen molar-refractivity contribution < 1.29 is 4.74 Å². The second-order valence-corrected chi connectivity index (χ2v) is 8.65. The van der Waals surface area contributed by atoms with Gasteiger partial charge in [0, 0.05) is 22.1 Å². The fraction of sp³-hybridized carbons (Fsp3) is 0.111. The molecular formula is C27H23N3OS. The van der Waals surface area contributed by atoms with Gasteiger partial charge in [0.15, 0.2) is 0 Å². The molecule has 5 rings (SSSR count). The summed E-state index contributed by atoms with van der Waals surface area (Å²) in [5.74, 6) is 0.834. The summed E-state index contributed by atoms with van der Waals surface area (Å²) in [5, 5.41) is 7.89. The van der Waals surface area contributed by atoms with E-state index in [9.17, 15) is 0 Å². The third kappa shape index (κ3) is 3.95. The van der Waals surface area contributed by atoms with E-state index in [4.69, 9.17) is 14.8 Å². The average molecular weight is 438 g/mol. The molecule has 0 saturated carbocycles. The van der Waals surface area contributed by atoms with Gasteiger partial charge in [0.2, 0.25) is 5.13 Å². The van der Waals surface area contributed by atoms with Gasteiger partial charge in [-0.25, -0.2) is 9.67 Å². The van der Waals surface area contributed by atoms with E-state index in [1.165, 1.54) is 11.1 Å². The molecule has 4 nitrogen and oxygen atoms in total. The van der Waals surface area contributed by atoms with Gasteiger partial charge in [-0.3, -0.25) is 0 Å². The van der Waals surface area contributed by atoms with Gasteiger partial charge in [0.1, 0.15) is 5.75 Å². The Morgan fingerprint density at radius 3 is 2.12 bits per heavy atom. The van der Waals surface area contributed by atoms with Crippen LogP contribution in [0.3, 0.4) is 0 Å². The average Bonchev–Trinajstić information content (AvgIpc) is 3.47. The fourth-order valence-electron chi connectivity index (χ4n) is 3.74. The number of thiazole rings is 1. The van der Waals surface area contributed by atoms with Crippen molar-refractivity contribution in [2.24, 2.45) is 0 Å². The third-order valence-electron chi connectivity index (χ3n) is 5.40. The fourth-order valence-corrected chi connectivity index (χ4v) is 4.53. The van der Waals surface area contributed by atoms with Crippen LogP contribution in [-0.2, 0) is 0 Å². The van der Waals surface area contributed by atoms with Crippen molar-refractivity contribution in [1.82, 2.24) is 14.8 Å². The van der Waals surface area contributed by atoms with Crippen molar-refractivity contribution in [3.8, 4) is 44.7 Å². The first kappa shape index (κ1) is 20.2. The zero-order chi connectivity index (χ0) is 22.1. The van der Waals surface area contributed by atoms with Crippen LogP contribution < -0.4 is 4.74 Å². The number of hydrogen-bond donors (Lipinski definition) is 0. The van der Waals surface area contributed by atoms with Gasteiger partial charge in [-0.2, -0.15) is 5.10 Å². The second-order valence-electron chi connectivity index (χ2n) is 7.81. The molecule has 0 radical (unpaired) electrons. The van der Waals surface area contributed by atoms with Crippen LogP contribution in [0, 0.1) is 13.8 Å². The lowest BCUT2D eigenvalue weighted by Gasteiger charge is -2.05. The minimum absolute atomic E-state index is 0.834. The van der Waals surface area contributed by atoms with E-state index >= 15 is 0 Å². The maximum Gasteiger partial charge on any atom is 0.211 e. The van der Waals surface area contributed by atoms with Crippen molar-refractivity contribution in [2.75, 3.05) is 7.11 Å². The summed E-state index contributed by atoms with van der Waals surface area (Å²) in [6.45, 7) is 4.21. The Balaban J connectivity index is 1.61. The molecule has 0 unspecified atom stereocenters. The van der Waals surface area contributed by atoms with Crippen molar-refractivity contribution in [3.05, 3.63) is 95.4 Å². The maximum absolute atomic E-state index is 5.28. The number of nitrogens with zero attached hydrogens (tertiary/aromatic N) is 3. The lowest BCUT2D eigenvalue weighted by molar-refractivity contribution is 0.415. The summed E-state index contributed by atoms with van der Waals surface area (Å²) in [7, 11) is 1.67. The molecule has 2 aromatic heterocycles. The van der Waals surface area contributed by atoms with E-state index in [0.29, 0.717) is 0 Å². The van der Waals surface area contributed by atoms with Crippen LogP contribution in [0.4, 0.5) is 0 Å². The van der Waals surface area contributed by atoms with Gasteiger partial charge in [-0.15, -0.1) is 11.3 Å². The molecule has 0 aliphatic heterocycles. The molecule has 5 heteroatoms. The zero-order valence-corrected chi connectivity index (χ0v) is 19.1. The molecule has 5 aromatic rings. The van der Waals surface area contributed by atoms with Gasteiger partial charge in [-0.05, 0) is 56.3 Å². The van der Waals surface area contributed by atoms with E-state index in [1.807, 2.05) is 28.9 Å². The highest BCUT2D eigenvalue weighted by Gasteiger charge is 2.16. The van der Waals surface area contributed by atoms with Gasteiger partial charge < -0.3 is 4.74 Å². The Morgan fingerprint density at radius 1 is 0.750 bits per heavy atom. The van der Waals surface area contributed by atoms with Crippen LogP contribution in [0.1, 0.15) is 11.1 Å². The van der Waals surface area contributed by atoms with Crippen LogP contribution in [0.25, 0.3) is 38.9 Å². The molecule has 0 spiro atoms. The van der Waals surface area contributed by atoms with E-state index in [0.717, 1.165) is 44.7 Å². The molecule has 0 N–H and O–H groups in total. The maximum atomic E-state index is 5.28. The molecule has 0 aliphatic rings. The molecule has 3 aromatic carbocycles. The van der Waals surface area contributed by atoms with Crippen LogP contribution in [0.2, 0.25) is 0 Å². The lowest BCUT2D eigenvalue weighted by atomic mass is 10.1. The number of ether oxygens (including phenoxy) is 1. The second kappa shape index (κ2) is 8.44. The highest BCUT2D eigenvalue weighted by molar-refractivity contribution is 7.12. The minimum atomic E-state index is 0.834. The first-order chi connectivity index (χ1) is 15.6. The number of rotatable bonds is 5. The summed E-state index contributed by atoms with van der Waals surface area (Å²) >= 11 is 1.59. The molecule has 2 heterocycles. The van der Waals surface area contributed by atoms with Crippen LogP contribution in [-0.4, -0.2) is 21.9 Å². The van der Waals surface area contributed by atoms with Crippen LogP contribution in [0.15, 0.2) is 84.2 Å². The zero-order valence-electron chi connectivity index (χ0n) is 18.2. The summed E-state index contributed by atoms with van der Waals surface area (Å²) in [5.41, 5.74) is 8.59. The first-order valence-electron chi connectivity index (χ1n) is 10.5. The number of methoxy groups -OCH3 is 1. The quantitative estimate of drug-likeness (QED) is 0.298. The predicted octanol–water partition coefficient (Wildman–Crippen LogP) is 6.96. The largest absolute Gasteiger partial charge is 0.497 e. The highest BCUT2D eigenvalue weighted by atomic mass is 32.1. The van der Waals surface area contributed by atoms with Crippen molar-refractivity contribution in [1.29, 1.82) is 0 Å². The predicted molar refractivity (Wildman–Crippen MR) is 132 cm³/mol. The smallest absolute Gasteiger partial charge is 0.211 e. The topological polar surface area (TPSA) is 39.9 Å². The van der Waals surface area contributed by atoms with Gasteiger partial charge in [-0.1, -0.05) is 47.5 Å². The number of benzene rings is 3. The lowest BCUT2D eigenvalue weighted by Crippen LogP contribution is -1.99. The Bertz CT molecular complexity index is 1380. The van der Waals surface area contributed by atoms with Crippen molar-refractivity contribution in [3.63, 3.8) is 0 Å². The Hall–Kier alpha value is -3.70. The molecule has 32 heavy (non-hydrogen) atoms. The molecule has 0 fully saturated rings. The Morgan fingerprint density at radius 2 is 1.44 bits per heavy atom. The summed E-state index contributed by atoms with van der Waals surface area (Å²) in [6.07, 6.45) is 0. The molecule has 158 valence electrons. The van der Waals surface area contributed by atoms with E-state index in [2.05, 4.69) is 73.8 Å². The minimum Gasteiger partial charge on any atom is -0.497 e. The molecule has 0 amide bonds. The molecule has 0 bridgehead atoms. The summed E-state index contributed by atoms with van der Waals surface area (Å²) in [6, 6.07) is 27.1. The van der Waals surface area contributed by atoms with Crippen molar-refractivity contribution >= 4 is 11.3 Å². The number of aromatic nitrogens is 3. The summed E-state index contributed by atoms with van der Waals surface area (Å²) < 4.78 is 7.24. The normalized spacial score (nSPS) is 11.0. The molecule has 0 aliphatic carbocycles. The van der Waals surface area contributed by atoms with E-state index < -0.39 is 0 Å². The van der Waals surface area contributed by atoms with Crippen LogP contribution in [0.5, 0.6) is 5.75 Å². The van der Waals surface area contributed by atoms with Crippen molar-refractivity contribution in [2.45, 2.75) is 13.8 Å². The number of hydrogen-bond acceptors (Lipinski definition) is 4. The SMILES string of the molecule is COc1ccc(-c2csc(-n3nc(-c4cccc(C)c4)cc3-c3cccc(C)c3)n2)cc1. The van der Waals surface area contributed by atoms with Gasteiger partial charge in [0.05, 0.1) is 24.2 Å². The standard InChI is InChI=1S/C27H23N3OS/c1-18-6-4-8-21(14-18)24-16-26(22-9-5-7-19(2)15-22)30(29-24)27-28-25(17-32-27)20-10-12-23(31-3)13-11-20/h4-17H,1-3H3. The van der Waals surface area contributed by atoms with Gasteiger partial charge in [0.25, 0.3) is 0 Å². The third-order valence-corrected chi connectivity index (χ3v) is 6.21. The molecular weight excluding hydrogens is 414 g/mol. The Kier molecular flexibility index (Phi) is 5.33. The first-order valence-corrected chi connectivity index (χ1v) is 11.3. The van der Waals surface area contributed by atoms with E-state index in [-0.39, 0.29) is 0 Å². The van der Waals surface area contributed by atoms with Gasteiger partial charge >= 0.3 is 0 Å². The van der Waals surface area contributed by atoms with Crippen LogP contribution >= 0.6 is 11.3 Å². The Labute approximate surface area is 191 Å². The molecule has 0 atom stereocenters. The number of aryl methyl sites for hydroxylation is 2.